The zero-order valence-electron chi connectivity index (χ0n) is 12.8. The van der Waals surface area contributed by atoms with Gasteiger partial charge in [-0.1, -0.05) is 0 Å². The van der Waals surface area contributed by atoms with Crippen molar-refractivity contribution in [3.63, 3.8) is 0 Å². The van der Waals surface area contributed by atoms with Crippen LogP contribution < -0.4 is 15.5 Å². The molecule has 1 heterocycles. The first-order chi connectivity index (χ1) is 11.5. The standard InChI is InChI=1S/C17H16F3N3O/c18-14-9-11(10-15(19)16(14)20)17(24)22-12-1-3-13(4-2-12)23-7-5-21-6-8-23/h1-4,9-10,21H,5-8H2,(H,22,24). The van der Waals surface area contributed by atoms with Crippen LogP contribution >= 0.6 is 0 Å². The number of anilines is 2. The molecular formula is C17H16F3N3O. The molecule has 1 aliphatic rings. The maximum Gasteiger partial charge on any atom is 0.255 e. The van der Waals surface area contributed by atoms with Gasteiger partial charge in [0.25, 0.3) is 5.91 Å². The fourth-order valence-electron chi connectivity index (χ4n) is 2.57. The molecule has 1 amide bonds. The van der Waals surface area contributed by atoms with E-state index >= 15 is 0 Å². The Morgan fingerprint density at radius 2 is 1.58 bits per heavy atom. The van der Waals surface area contributed by atoms with E-state index in [1.807, 2.05) is 12.1 Å². The first-order valence-electron chi connectivity index (χ1n) is 7.56. The molecule has 0 unspecified atom stereocenters. The van der Waals surface area contributed by atoms with E-state index in [4.69, 9.17) is 0 Å². The minimum atomic E-state index is -1.59. The van der Waals surface area contributed by atoms with E-state index in [0.717, 1.165) is 31.9 Å². The van der Waals surface area contributed by atoms with Crippen molar-refractivity contribution >= 4 is 17.3 Å². The second-order valence-electron chi connectivity index (χ2n) is 5.49. The SMILES string of the molecule is O=C(Nc1ccc(N2CCNCC2)cc1)c1cc(F)c(F)c(F)c1. The Morgan fingerprint density at radius 1 is 1.00 bits per heavy atom. The number of carbonyl (C=O) groups is 1. The average Bonchev–Trinajstić information content (AvgIpc) is 2.60. The first-order valence-corrected chi connectivity index (χ1v) is 7.56. The van der Waals surface area contributed by atoms with Gasteiger partial charge in [-0.15, -0.1) is 0 Å². The van der Waals surface area contributed by atoms with Crippen LogP contribution in [0.2, 0.25) is 0 Å². The predicted octanol–water partition coefficient (Wildman–Crippen LogP) is 2.77. The minimum absolute atomic E-state index is 0.280. The third-order valence-electron chi connectivity index (χ3n) is 3.85. The highest BCUT2D eigenvalue weighted by atomic mass is 19.2. The van der Waals surface area contributed by atoms with Crippen LogP contribution in [0, 0.1) is 17.5 Å². The summed E-state index contributed by atoms with van der Waals surface area (Å²) in [6.45, 7) is 3.64. The average molecular weight is 335 g/mol. The molecule has 1 fully saturated rings. The summed E-state index contributed by atoms with van der Waals surface area (Å²) in [5.41, 5.74) is 1.25. The zero-order chi connectivity index (χ0) is 17.1. The van der Waals surface area contributed by atoms with Crippen LogP contribution in [0.4, 0.5) is 24.5 Å². The molecule has 1 saturated heterocycles. The molecule has 0 aliphatic carbocycles. The lowest BCUT2D eigenvalue weighted by atomic mass is 10.2. The molecule has 126 valence electrons. The fourth-order valence-corrected chi connectivity index (χ4v) is 2.57. The smallest absolute Gasteiger partial charge is 0.255 e. The van der Waals surface area contributed by atoms with Gasteiger partial charge in [0.2, 0.25) is 0 Å². The molecule has 0 spiro atoms. The van der Waals surface area contributed by atoms with E-state index in [1.165, 1.54) is 0 Å². The minimum Gasteiger partial charge on any atom is -0.369 e. The van der Waals surface area contributed by atoms with Gasteiger partial charge >= 0.3 is 0 Å². The maximum absolute atomic E-state index is 13.2. The molecular weight excluding hydrogens is 319 g/mol. The normalized spacial score (nSPS) is 14.5. The van der Waals surface area contributed by atoms with Crippen LogP contribution in [0.5, 0.6) is 0 Å². The highest BCUT2D eigenvalue weighted by Gasteiger charge is 2.15. The lowest BCUT2D eigenvalue weighted by Gasteiger charge is -2.29. The van der Waals surface area contributed by atoms with Crippen molar-refractivity contribution in [2.45, 2.75) is 0 Å². The molecule has 7 heteroatoms. The lowest BCUT2D eigenvalue weighted by molar-refractivity contribution is 0.102. The number of nitrogens with zero attached hydrogens (tertiary/aromatic N) is 1. The monoisotopic (exact) mass is 335 g/mol. The van der Waals surface area contributed by atoms with Crippen LogP contribution in [-0.4, -0.2) is 32.1 Å². The Morgan fingerprint density at radius 3 is 2.17 bits per heavy atom. The summed E-state index contributed by atoms with van der Waals surface area (Å²) in [6.07, 6.45) is 0. The van der Waals surface area contributed by atoms with Gasteiger partial charge in [0.1, 0.15) is 0 Å². The summed E-state index contributed by atoms with van der Waals surface area (Å²) >= 11 is 0. The zero-order valence-corrected chi connectivity index (χ0v) is 12.8. The van der Waals surface area contributed by atoms with Gasteiger partial charge in [-0.05, 0) is 36.4 Å². The summed E-state index contributed by atoms with van der Waals surface area (Å²) in [5, 5.41) is 5.80. The third kappa shape index (κ3) is 3.51. The number of halogens is 3. The number of hydrogen-bond donors (Lipinski definition) is 2. The summed E-state index contributed by atoms with van der Waals surface area (Å²) in [6, 6.07) is 8.50. The number of piperazine rings is 1. The molecule has 1 aliphatic heterocycles. The van der Waals surface area contributed by atoms with Crippen molar-refractivity contribution in [1.29, 1.82) is 0 Å². The van der Waals surface area contributed by atoms with Crippen molar-refractivity contribution in [3.8, 4) is 0 Å². The van der Waals surface area contributed by atoms with Crippen molar-refractivity contribution in [1.82, 2.24) is 5.32 Å². The second-order valence-corrected chi connectivity index (χ2v) is 5.49. The van der Waals surface area contributed by atoms with Crippen LogP contribution in [-0.2, 0) is 0 Å². The Hall–Kier alpha value is -2.54. The largest absolute Gasteiger partial charge is 0.369 e. The molecule has 4 nitrogen and oxygen atoms in total. The summed E-state index contributed by atoms with van der Waals surface area (Å²) in [5.74, 6) is -5.09. The molecule has 2 aromatic rings. The Kier molecular flexibility index (Phi) is 4.71. The molecule has 0 radical (unpaired) electrons. The molecule has 0 bridgehead atoms. The third-order valence-corrected chi connectivity index (χ3v) is 3.85. The van der Waals surface area contributed by atoms with E-state index in [1.54, 1.807) is 12.1 Å². The summed E-state index contributed by atoms with van der Waals surface area (Å²) in [4.78, 5) is 14.2. The van der Waals surface area contributed by atoms with E-state index < -0.39 is 23.4 Å². The Bertz CT molecular complexity index is 720. The topological polar surface area (TPSA) is 44.4 Å². The molecule has 2 N–H and O–H groups in total. The Balaban J connectivity index is 1.70. The predicted molar refractivity (Wildman–Crippen MR) is 85.8 cm³/mol. The van der Waals surface area contributed by atoms with E-state index in [9.17, 15) is 18.0 Å². The maximum atomic E-state index is 13.2. The lowest BCUT2D eigenvalue weighted by Crippen LogP contribution is -2.43. The highest BCUT2D eigenvalue weighted by Crippen LogP contribution is 2.20. The van der Waals surface area contributed by atoms with Crippen molar-refractivity contribution in [2.75, 3.05) is 36.4 Å². The number of carbonyl (C=O) groups excluding carboxylic acids is 1. The quantitative estimate of drug-likeness (QED) is 0.848. The van der Waals surface area contributed by atoms with Gasteiger partial charge in [-0.2, -0.15) is 0 Å². The number of amides is 1. The van der Waals surface area contributed by atoms with Crippen molar-refractivity contribution < 1.29 is 18.0 Å². The molecule has 0 aromatic heterocycles. The first kappa shape index (κ1) is 16.3. The van der Waals surface area contributed by atoms with Gasteiger partial charge in [-0.3, -0.25) is 4.79 Å². The van der Waals surface area contributed by atoms with E-state index in [-0.39, 0.29) is 5.56 Å². The Labute approximate surface area is 137 Å². The highest BCUT2D eigenvalue weighted by molar-refractivity contribution is 6.04. The van der Waals surface area contributed by atoms with E-state index in [2.05, 4.69) is 15.5 Å². The molecule has 3 rings (SSSR count). The molecule has 0 atom stereocenters. The van der Waals surface area contributed by atoms with Gasteiger partial charge in [0.05, 0.1) is 0 Å². The summed E-state index contributed by atoms with van der Waals surface area (Å²) in [7, 11) is 0. The van der Waals surface area contributed by atoms with Gasteiger partial charge < -0.3 is 15.5 Å². The molecule has 24 heavy (non-hydrogen) atoms. The van der Waals surface area contributed by atoms with Crippen LogP contribution in [0.1, 0.15) is 10.4 Å². The summed E-state index contributed by atoms with van der Waals surface area (Å²) < 4.78 is 39.3. The fraction of sp³-hybridized carbons (Fsp3) is 0.235. The van der Waals surface area contributed by atoms with Crippen molar-refractivity contribution in [2.24, 2.45) is 0 Å². The number of nitrogens with one attached hydrogen (secondary N) is 2. The van der Waals surface area contributed by atoms with Crippen molar-refractivity contribution in [3.05, 3.63) is 59.4 Å². The van der Waals surface area contributed by atoms with Crippen LogP contribution in [0.3, 0.4) is 0 Å². The molecule has 2 aromatic carbocycles. The number of hydrogen-bond acceptors (Lipinski definition) is 3. The van der Waals surface area contributed by atoms with Gasteiger partial charge in [0, 0.05) is 43.1 Å². The van der Waals surface area contributed by atoms with E-state index in [0.29, 0.717) is 17.8 Å². The molecule has 0 saturated carbocycles. The number of rotatable bonds is 3. The van der Waals surface area contributed by atoms with Crippen LogP contribution in [0.25, 0.3) is 0 Å². The van der Waals surface area contributed by atoms with Crippen LogP contribution in [0.15, 0.2) is 36.4 Å². The van der Waals surface area contributed by atoms with Gasteiger partial charge in [-0.25, -0.2) is 13.2 Å². The van der Waals surface area contributed by atoms with Gasteiger partial charge in [0.15, 0.2) is 17.5 Å². The second kappa shape index (κ2) is 6.92. The number of benzene rings is 2.